The molecule has 136 valence electrons. The van der Waals surface area contributed by atoms with Gasteiger partial charge in [0.2, 0.25) is 0 Å². The molecule has 0 radical (unpaired) electrons. The van der Waals surface area contributed by atoms with Crippen LogP contribution in [0.2, 0.25) is 0 Å². The summed E-state index contributed by atoms with van der Waals surface area (Å²) in [6.45, 7) is 13.0. The van der Waals surface area contributed by atoms with Crippen molar-refractivity contribution in [2.75, 3.05) is 52.5 Å². The van der Waals surface area contributed by atoms with Gasteiger partial charge in [-0.25, -0.2) is 0 Å². The minimum atomic E-state index is -0.443. The summed E-state index contributed by atoms with van der Waals surface area (Å²) in [5.41, 5.74) is 1.42. The molecule has 1 fully saturated rings. The van der Waals surface area contributed by atoms with E-state index in [2.05, 4.69) is 32.9 Å². The van der Waals surface area contributed by atoms with Crippen LogP contribution in [0.4, 0.5) is 0 Å². The molecular formula is C19H34N2O3+2. The largest absolute Gasteiger partial charge is 0.491 e. The Hall–Kier alpha value is -1.14. The predicted octanol–water partition coefficient (Wildman–Crippen LogP) is -1.50. The van der Waals surface area contributed by atoms with E-state index in [0.717, 1.165) is 45.0 Å². The smallest absolute Gasteiger partial charge is 0.137 e. The van der Waals surface area contributed by atoms with E-state index in [1.54, 1.807) is 0 Å². The third-order valence-corrected chi connectivity index (χ3v) is 4.82. The van der Waals surface area contributed by atoms with E-state index in [9.17, 15) is 5.11 Å². The zero-order valence-corrected chi connectivity index (χ0v) is 15.3. The Bertz CT molecular complexity index is 476. The van der Waals surface area contributed by atoms with Crippen LogP contribution in [0.1, 0.15) is 26.3 Å². The molecule has 2 rings (SSSR count). The van der Waals surface area contributed by atoms with Crippen molar-refractivity contribution in [1.29, 1.82) is 0 Å². The molecule has 0 spiro atoms. The quantitative estimate of drug-likeness (QED) is 0.489. The van der Waals surface area contributed by atoms with Gasteiger partial charge in [0, 0.05) is 0 Å². The van der Waals surface area contributed by atoms with Gasteiger partial charge in [-0.15, -0.1) is 0 Å². The number of rotatable bonds is 7. The SMILES string of the molecule is CC(C)(C)c1ccc(OCC(O)C[NH+]2CC[NH+](CCO)CC2)cc1. The average Bonchev–Trinajstić information content (AvgIpc) is 2.55. The summed E-state index contributed by atoms with van der Waals surface area (Å²) in [5.74, 6) is 0.814. The first-order chi connectivity index (χ1) is 11.4. The first-order valence-electron chi connectivity index (χ1n) is 9.08. The Kier molecular flexibility index (Phi) is 7.04. The van der Waals surface area contributed by atoms with Crippen LogP contribution in [0.5, 0.6) is 5.75 Å². The number of benzene rings is 1. The van der Waals surface area contributed by atoms with Gasteiger partial charge in [0.15, 0.2) is 0 Å². The number of ether oxygens (including phenoxy) is 1. The lowest BCUT2D eigenvalue weighted by Gasteiger charge is -2.30. The number of hydrogen-bond acceptors (Lipinski definition) is 3. The van der Waals surface area contributed by atoms with Crippen molar-refractivity contribution in [3.8, 4) is 5.75 Å². The average molecular weight is 338 g/mol. The van der Waals surface area contributed by atoms with Gasteiger partial charge in [-0.3, -0.25) is 0 Å². The van der Waals surface area contributed by atoms with Crippen LogP contribution in [-0.2, 0) is 5.41 Å². The van der Waals surface area contributed by atoms with E-state index < -0.39 is 6.10 Å². The van der Waals surface area contributed by atoms with Crippen LogP contribution in [0.15, 0.2) is 24.3 Å². The maximum Gasteiger partial charge on any atom is 0.137 e. The summed E-state index contributed by atoms with van der Waals surface area (Å²) in [7, 11) is 0. The molecule has 1 saturated heterocycles. The highest BCUT2D eigenvalue weighted by Crippen LogP contribution is 2.24. The number of hydrogen-bond donors (Lipinski definition) is 4. The fourth-order valence-corrected chi connectivity index (χ4v) is 3.21. The molecule has 1 aromatic rings. The number of aliphatic hydroxyl groups excluding tert-OH is 2. The first-order valence-corrected chi connectivity index (χ1v) is 9.08. The number of nitrogens with one attached hydrogen (secondary N) is 2. The van der Waals surface area contributed by atoms with Gasteiger partial charge in [-0.2, -0.15) is 0 Å². The van der Waals surface area contributed by atoms with E-state index in [-0.39, 0.29) is 12.0 Å². The summed E-state index contributed by atoms with van der Waals surface area (Å²) >= 11 is 0. The van der Waals surface area contributed by atoms with E-state index in [1.165, 1.54) is 15.4 Å². The molecule has 5 heteroatoms. The molecule has 1 atom stereocenters. The standard InChI is InChI=1S/C19H32N2O3/c1-19(2,3)16-4-6-18(7-5-16)24-15-17(23)14-21-10-8-20(9-11-21)12-13-22/h4-7,17,22-23H,8-15H2,1-3H3/p+2. The van der Waals surface area contributed by atoms with Gasteiger partial charge in [-0.05, 0) is 23.1 Å². The van der Waals surface area contributed by atoms with Crippen molar-refractivity contribution in [3.05, 3.63) is 29.8 Å². The molecule has 5 nitrogen and oxygen atoms in total. The van der Waals surface area contributed by atoms with Crippen LogP contribution in [0.3, 0.4) is 0 Å². The maximum atomic E-state index is 10.2. The second kappa shape index (κ2) is 8.81. The number of aliphatic hydroxyl groups is 2. The van der Waals surface area contributed by atoms with Gasteiger partial charge in [-0.1, -0.05) is 32.9 Å². The van der Waals surface area contributed by atoms with Crippen molar-refractivity contribution in [1.82, 2.24) is 0 Å². The molecule has 0 amide bonds. The van der Waals surface area contributed by atoms with Crippen LogP contribution in [-0.4, -0.2) is 68.8 Å². The number of piperazine rings is 1. The lowest BCUT2D eigenvalue weighted by molar-refractivity contribution is -1.01. The second-order valence-electron chi connectivity index (χ2n) is 7.92. The number of quaternary nitrogens is 2. The molecule has 1 aromatic carbocycles. The molecule has 1 unspecified atom stereocenters. The third-order valence-electron chi connectivity index (χ3n) is 4.82. The molecule has 1 heterocycles. The lowest BCUT2D eigenvalue weighted by atomic mass is 9.87. The predicted molar refractivity (Wildman–Crippen MR) is 94.9 cm³/mol. The molecule has 0 aliphatic carbocycles. The van der Waals surface area contributed by atoms with Gasteiger partial charge in [0.25, 0.3) is 0 Å². The summed E-state index contributed by atoms with van der Waals surface area (Å²) < 4.78 is 5.74. The normalized spacial score (nSPS) is 23.0. The van der Waals surface area contributed by atoms with Crippen molar-refractivity contribution < 1.29 is 24.7 Å². The van der Waals surface area contributed by atoms with Crippen molar-refractivity contribution >= 4 is 0 Å². The minimum Gasteiger partial charge on any atom is -0.491 e. The first kappa shape index (κ1) is 19.2. The Labute approximate surface area is 145 Å². The van der Waals surface area contributed by atoms with Gasteiger partial charge < -0.3 is 24.7 Å². The van der Waals surface area contributed by atoms with Gasteiger partial charge >= 0.3 is 0 Å². The topological polar surface area (TPSA) is 58.6 Å². The molecule has 1 aliphatic heterocycles. The molecule has 4 N–H and O–H groups in total. The second-order valence-corrected chi connectivity index (χ2v) is 7.92. The summed E-state index contributed by atoms with van der Waals surface area (Å²) in [5, 5.41) is 19.2. The molecule has 24 heavy (non-hydrogen) atoms. The Morgan fingerprint density at radius 1 is 1.04 bits per heavy atom. The molecule has 0 bridgehead atoms. The van der Waals surface area contributed by atoms with E-state index in [0.29, 0.717) is 6.61 Å². The lowest BCUT2D eigenvalue weighted by Crippen LogP contribution is -3.28. The maximum absolute atomic E-state index is 10.2. The highest BCUT2D eigenvalue weighted by molar-refractivity contribution is 5.31. The molecule has 0 aromatic heterocycles. The molecular weight excluding hydrogens is 304 g/mol. The monoisotopic (exact) mass is 338 g/mol. The van der Waals surface area contributed by atoms with Crippen LogP contribution in [0.25, 0.3) is 0 Å². The summed E-state index contributed by atoms with van der Waals surface area (Å²) in [6, 6.07) is 8.15. The molecule has 1 aliphatic rings. The Morgan fingerprint density at radius 3 is 2.17 bits per heavy atom. The van der Waals surface area contributed by atoms with E-state index in [1.807, 2.05) is 12.1 Å². The van der Waals surface area contributed by atoms with Crippen molar-refractivity contribution in [3.63, 3.8) is 0 Å². The Morgan fingerprint density at radius 2 is 1.62 bits per heavy atom. The third kappa shape index (κ3) is 6.06. The fourth-order valence-electron chi connectivity index (χ4n) is 3.21. The van der Waals surface area contributed by atoms with Crippen LogP contribution < -0.4 is 14.5 Å². The summed E-state index contributed by atoms with van der Waals surface area (Å²) in [4.78, 5) is 2.89. The zero-order valence-electron chi connectivity index (χ0n) is 15.3. The Balaban J connectivity index is 1.71. The van der Waals surface area contributed by atoms with Crippen molar-refractivity contribution in [2.24, 2.45) is 0 Å². The zero-order chi connectivity index (χ0) is 17.6. The van der Waals surface area contributed by atoms with Crippen LogP contribution >= 0.6 is 0 Å². The van der Waals surface area contributed by atoms with Crippen molar-refractivity contribution in [2.45, 2.75) is 32.3 Å². The highest BCUT2D eigenvalue weighted by atomic mass is 16.5. The highest BCUT2D eigenvalue weighted by Gasteiger charge is 2.24. The van der Waals surface area contributed by atoms with E-state index in [4.69, 9.17) is 9.84 Å². The summed E-state index contributed by atoms with van der Waals surface area (Å²) in [6.07, 6.45) is -0.443. The molecule has 0 saturated carbocycles. The fraction of sp³-hybridized carbons (Fsp3) is 0.684. The van der Waals surface area contributed by atoms with Gasteiger partial charge in [0.1, 0.15) is 57.7 Å². The van der Waals surface area contributed by atoms with Crippen LogP contribution in [0, 0.1) is 0 Å². The van der Waals surface area contributed by atoms with E-state index >= 15 is 0 Å². The minimum absolute atomic E-state index is 0.140. The van der Waals surface area contributed by atoms with Gasteiger partial charge in [0.05, 0.1) is 6.61 Å².